The Bertz CT molecular complexity index is 545. The highest BCUT2D eigenvalue weighted by molar-refractivity contribution is 5.36. The molecule has 2 aromatic carbocycles. The van der Waals surface area contributed by atoms with Crippen molar-refractivity contribution in [2.45, 2.75) is 40.2 Å². The maximum Gasteiger partial charge on any atom is 0.0236 e. The molecule has 0 unspecified atom stereocenters. The van der Waals surface area contributed by atoms with E-state index in [2.05, 4.69) is 60.4 Å². The molecule has 1 heteroatoms. The molecular weight excluding hydrogens is 254 g/mol. The van der Waals surface area contributed by atoms with Gasteiger partial charge in [-0.25, -0.2) is 0 Å². The van der Waals surface area contributed by atoms with Crippen LogP contribution in [-0.2, 0) is 19.4 Å². The summed E-state index contributed by atoms with van der Waals surface area (Å²) in [6.45, 7) is 9.71. The van der Waals surface area contributed by atoms with Crippen LogP contribution in [0.1, 0.15) is 36.1 Å². The van der Waals surface area contributed by atoms with Crippen LogP contribution < -0.4 is 0 Å². The molecule has 0 N–H and O–H groups in total. The van der Waals surface area contributed by atoms with E-state index in [1.807, 2.05) is 13.8 Å². The molecule has 0 aliphatic carbocycles. The molecule has 3 rings (SSSR count). The summed E-state index contributed by atoms with van der Waals surface area (Å²) in [4.78, 5) is 2.58. The van der Waals surface area contributed by atoms with E-state index < -0.39 is 0 Å². The molecule has 0 bridgehead atoms. The highest BCUT2D eigenvalue weighted by Crippen LogP contribution is 2.22. The quantitative estimate of drug-likeness (QED) is 0.793. The van der Waals surface area contributed by atoms with Crippen LogP contribution in [-0.4, -0.2) is 18.0 Å². The van der Waals surface area contributed by atoms with Gasteiger partial charge in [0.05, 0.1) is 0 Å². The van der Waals surface area contributed by atoms with E-state index in [1.54, 1.807) is 5.56 Å². The second-order valence-corrected chi connectivity index (χ2v) is 5.47. The molecule has 1 aliphatic rings. The Balaban J connectivity index is 0.000000774. The van der Waals surface area contributed by atoms with E-state index in [-0.39, 0.29) is 0 Å². The monoisotopic (exact) mass is 281 g/mol. The zero-order valence-electron chi connectivity index (χ0n) is 13.6. The van der Waals surface area contributed by atoms with Gasteiger partial charge in [-0.3, -0.25) is 4.90 Å². The lowest BCUT2D eigenvalue weighted by Crippen LogP contribution is -2.32. The molecule has 1 heterocycles. The Morgan fingerprint density at radius 2 is 1.71 bits per heavy atom. The average molecular weight is 281 g/mol. The zero-order chi connectivity index (χ0) is 15.1. The predicted octanol–water partition coefficient (Wildman–Crippen LogP) is 4.62. The van der Waals surface area contributed by atoms with Gasteiger partial charge in [0.15, 0.2) is 0 Å². The summed E-state index contributed by atoms with van der Waals surface area (Å²) in [7, 11) is 0. The van der Waals surface area contributed by atoms with Gasteiger partial charge in [-0.2, -0.15) is 0 Å². The van der Waals surface area contributed by atoms with Crippen molar-refractivity contribution in [1.82, 2.24) is 4.90 Å². The number of rotatable bonds is 3. The highest BCUT2D eigenvalue weighted by Gasteiger charge is 2.16. The van der Waals surface area contributed by atoms with Gasteiger partial charge >= 0.3 is 0 Å². The van der Waals surface area contributed by atoms with Crippen molar-refractivity contribution in [3.05, 3.63) is 70.8 Å². The fraction of sp³-hybridized carbons (Fsp3) is 0.400. The van der Waals surface area contributed by atoms with E-state index >= 15 is 0 Å². The van der Waals surface area contributed by atoms with E-state index in [0.717, 1.165) is 19.5 Å². The third kappa shape index (κ3) is 4.18. The zero-order valence-corrected chi connectivity index (χ0v) is 13.6. The first kappa shape index (κ1) is 15.8. The van der Waals surface area contributed by atoms with E-state index in [1.165, 1.54) is 29.7 Å². The first-order valence-electron chi connectivity index (χ1n) is 8.16. The Morgan fingerprint density at radius 3 is 2.48 bits per heavy atom. The molecule has 0 amide bonds. The Hall–Kier alpha value is -1.60. The molecule has 0 saturated carbocycles. The minimum Gasteiger partial charge on any atom is -0.298 e. The van der Waals surface area contributed by atoms with Crippen LogP contribution >= 0.6 is 0 Å². The molecule has 112 valence electrons. The number of aryl methyl sites for hydroxylation is 1. The summed E-state index contributed by atoms with van der Waals surface area (Å²) in [6, 6.07) is 17.5. The van der Waals surface area contributed by atoms with Crippen molar-refractivity contribution >= 4 is 0 Å². The van der Waals surface area contributed by atoms with Crippen molar-refractivity contribution in [3.8, 4) is 0 Å². The summed E-state index contributed by atoms with van der Waals surface area (Å²) < 4.78 is 0. The van der Waals surface area contributed by atoms with Crippen molar-refractivity contribution in [2.75, 3.05) is 13.1 Å². The van der Waals surface area contributed by atoms with Gasteiger partial charge in [0.2, 0.25) is 0 Å². The van der Waals surface area contributed by atoms with Gasteiger partial charge in [-0.1, -0.05) is 62.4 Å². The average Bonchev–Trinajstić information content (AvgIpc) is 2.56. The fourth-order valence-corrected chi connectivity index (χ4v) is 2.98. The highest BCUT2D eigenvalue weighted by atomic mass is 15.1. The normalized spacial score (nSPS) is 14.0. The van der Waals surface area contributed by atoms with Crippen molar-refractivity contribution in [1.29, 1.82) is 0 Å². The number of hydrogen-bond donors (Lipinski definition) is 0. The maximum atomic E-state index is 2.58. The van der Waals surface area contributed by atoms with Crippen LogP contribution in [0.4, 0.5) is 0 Å². The molecule has 2 aromatic rings. The van der Waals surface area contributed by atoms with Crippen molar-refractivity contribution < 1.29 is 0 Å². The van der Waals surface area contributed by atoms with Gasteiger partial charge in [0.25, 0.3) is 0 Å². The topological polar surface area (TPSA) is 3.24 Å². The third-order valence-corrected chi connectivity index (χ3v) is 4.14. The molecule has 0 fully saturated rings. The Morgan fingerprint density at radius 1 is 0.952 bits per heavy atom. The van der Waals surface area contributed by atoms with Crippen molar-refractivity contribution in [3.63, 3.8) is 0 Å². The lowest BCUT2D eigenvalue weighted by atomic mass is 9.95. The van der Waals surface area contributed by atoms with Gasteiger partial charge < -0.3 is 0 Å². The van der Waals surface area contributed by atoms with Crippen LogP contribution in [0.3, 0.4) is 0 Å². The largest absolute Gasteiger partial charge is 0.298 e. The van der Waals surface area contributed by atoms with Crippen LogP contribution in [0.5, 0.6) is 0 Å². The minimum absolute atomic E-state index is 1.11. The lowest BCUT2D eigenvalue weighted by Gasteiger charge is -2.29. The smallest absolute Gasteiger partial charge is 0.0236 e. The fourth-order valence-electron chi connectivity index (χ4n) is 2.98. The molecule has 1 nitrogen and oxygen atoms in total. The number of benzene rings is 2. The van der Waals surface area contributed by atoms with E-state index in [4.69, 9.17) is 0 Å². The molecule has 0 spiro atoms. The molecule has 0 atom stereocenters. The SMILES string of the molecule is CC.Cc1cccc2c1CCN(CCc1ccccc1)C2. The third-order valence-electron chi connectivity index (χ3n) is 4.14. The second-order valence-electron chi connectivity index (χ2n) is 5.47. The summed E-state index contributed by atoms with van der Waals surface area (Å²) in [5.74, 6) is 0. The summed E-state index contributed by atoms with van der Waals surface area (Å²) in [6.07, 6.45) is 2.36. The van der Waals surface area contributed by atoms with E-state index in [0.29, 0.717) is 0 Å². The number of nitrogens with zero attached hydrogens (tertiary/aromatic N) is 1. The summed E-state index contributed by atoms with van der Waals surface area (Å²) in [5, 5.41) is 0. The Labute approximate surface area is 129 Å². The first-order valence-corrected chi connectivity index (χ1v) is 8.16. The van der Waals surface area contributed by atoms with Crippen molar-refractivity contribution in [2.24, 2.45) is 0 Å². The van der Waals surface area contributed by atoms with Gasteiger partial charge in [-0.15, -0.1) is 0 Å². The van der Waals surface area contributed by atoms with Gasteiger partial charge in [0, 0.05) is 19.6 Å². The van der Waals surface area contributed by atoms with Crippen LogP contribution in [0, 0.1) is 6.92 Å². The van der Waals surface area contributed by atoms with Crippen LogP contribution in [0.25, 0.3) is 0 Å². The van der Waals surface area contributed by atoms with Gasteiger partial charge in [0.1, 0.15) is 0 Å². The molecular formula is C20H27N. The number of fused-ring (bicyclic) bond motifs is 1. The predicted molar refractivity (Wildman–Crippen MR) is 91.7 cm³/mol. The molecule has 0 aromatic heterocycles. The standard InChI is InChI=1S/C18H21N.C2H6/c1-15-6-5-9-17-14-19(13-11-18(15)17)12-10-16-7-3-2-4-8-16;1-2/h2-9H,10-14H2,1H3;1-2H3. The second kappa shape index (κ2) is 7.99. The summed E-state index contributed by atoms with van der Waals surface area (Å²) in [5.41, 5.74) is 6.01. The first-order chi connectivity index (χ1) is 10.3. The van der Waals surface area contributed by atoms with E-state index in [9.17, 15) is 0 Å². The molecule has 0 radical (unpaired) electrons. The van der Waals surface area contributed by atoms with Crippen LogP contribution in [0.15, 0.2) is 48.5 Å². The van der Waals surface area contributed by atoms with Gasteiger partial charge in [-0.05, 0) is 42.0 Å². The molecule has 1 aliphatic heterocycles. The summed E-state index contributed by atoms with van der Waals surface area (Å²) >= 11 is 0. The van der Waals surface area contributed by atoms with Crippen LogP contribution in [0.2, 0.25) is 0 Å². The molecule has 0 saturated heterocycles. The minimum atomic E-state index is 1.11. The number of hydrogen-bond acceptors (Lipinski definition) is 1. The maximum absolute atomic E-state index is 2.58. The molecule has 21 heavy (non-hydrogen) atoms. The Kier molecular flexibility index (Phi) is 6.01. The lowest BCUT2D eigenvalue weighted by molar-refractivity contribution is 0.257.